The Kier molecular flexibility index (Phi) is 4.37. The van der Waals surface area contributed by atoms with Crippen molar-refractivity contribution in [1.82, 2.24) is 0 Å². The van der Waals surface area contributed by atoms with Gasteiger partial charge in [0.05, 0.1) is 0 Å². The second kappa shape index (κ2) is 5.56. The Bertz CT molecular complexity index is 330. The van der Waals surface area contributed by atoms with Crippen LogP contribution >= 0.6 is 0 Å². The fraction of sp³-hybridized carbons (Fsp3) is 0.364. The Morgan fingerprint density at radius 2 is 1.93 bits per heavy atom. The molecule has 1 rings (SSSR count). The number of ether oxygens (including phenoxy) is 1. The average Bonchev–Trinajstić information content (AvgIpc) is 2.21. The summed E-state index contributed by atoms with van der Waals surface area (Å²) in [5.74, 6) is -1.72. The smallest absolute Gasteiger partial charge is 0.163 e. The van der Waals surface area contributed by atoms with Crippen molar-refractivity contribution in [3.05, 3.63) is 35.4 Å². The van der Waals surface area contributed by atoms with Crippen LogP contribution < -0.4 is 0 Å². The lowest BCUT2D eigenvalue weighted by molar-refractivity contribution is -0.122. The van der Waals surface area contributed by atoms with Gasteiger partial charge in [-0.1, -0.05) is 6.07 Å². The minimum Gasteiger partial charge on any atom is -0.374 e. The van der Waals surface area contributed by atoms with Gasteiger partial charge in [-0.05, 0) is 19.1 Å². The van der Waals surface area contributed by atoms with Crippen molar-refractivity contribution in [2.24, 2.45) is 0 Å². The number of hydrogen-bond donors (Lipinski definition) is 0. The second-order valence-electron chi connectivity index (χ2n) is 3.05. The van der Waals surface area contributed by atoms with E-state index in [1.165, 1.54) is 6.07 Å². The molecule has 0 radical (unpaired) electrons. The summed E-state index contributed by atoms with van der Waals surface area (Å²) in [4.78, 5) is 11.2. The number of carbonyl (C=O) groups is 1. The van der Waals surface area contributed by atoms with Gasteiger partial charge in [0.15, 0.2) is 5.78 Å². The minimum atomic E-state index is -0.695. The molecule has 0 aromatic heterocycles. The zero-order chi connectivity index (χ0) is 11.3. The maximum absolute atomic E-state index is 13.1. The molecule has 0 aliphatic heterocycles. The van der Waals surface area contributed by atoms with E-state index in [-0.39, 0.29) is 24.4 Å². The fourth-order valence-electron chi connectivity index (χ4n) is 1.17. The molecule has 0 unspecified atom stereocenters. The molecule has 0 spiro atoms. The highest BCUT2D eigenvalue weighted by Gasteiger charge is 2.12. The first-order valence-electron chi connectivity index (χ1n) is 4.67. The van der Waals surface area contributed by atoms with E-state index in [9.17, 15) is 13.6 Å². The first-order chi connectivity index (χ1) is 7.15. The lowest BCUT2D eigenvalue weighted by Gasteiger charge is -2.04. The van der Waals surface area contributed by atoms with Crippen molar-refractivity contribution < 1.29 is 18.3 Å². The van der Waals surface area contributed by atoms with Crippen molar-refractivity contribution in [2.45, 2.75) is 13.3 Å². The molecule has 0 saturated carbocycles. The molecule has 0 bridgehead atoms. The summed E-state index contributed by atoms with van der Waals surface area (Å²) in [7, 11) is 0. The van der Waals surface area contributed by atoms with E-state index >= 15 is 0 Å². The minimum absolute atomic E-state index is 0.107. The van der Waals surface area contributed by atoms with Crippen LogP contribution in [-0.4, -0.2) is 19.0 Å². The summed E-state index contributed by atoms with van der Waals surface area (Å²) in [6.07, 6.45) is -0.265. The number of benzene rings is 1. The molecule has 0 N–H and O–H groups in total. The van der Waals surface area contributed by atoms with Gasteiger partial charge in [-0.15, -0.1) is 0 Å². The zero-order valence-electron chi connectivity index (χ0n) is 8.43. The van der Waals surface area contributed by atoms with E-state index < -0.39 is 11.6 Å². The van der Waals surface area contributed by atoms with Crippen LogP contribution in [0.15, 0.2) is 18.2 Å². The van der Waals surface area contributed by atoms with Gasteiger partial charge in [-0.25, -0.2) is 8.78 Å². The molecule has 1 aromatic carbocycles. The highest BCUT2D eigenvalue weighted by atomic mass is 19.1. The maximum atomic E-state index is 13.1. The molecule has 0 aliphatic rings. The van der Waals surface area contributed by atoms with Gasteiger partial charge in [0.25, 0.3) is 0 Å². The Labute approximate surface area is 86.9 Å². The number of Topliss-reactive ketones (excluding diaryl/α,β-unsaturated/α-hetero) is 1. The monoisotopic (exact) mass is 214 g/mol. The highest BCUT2D eigenvalue weighted by molar-refractivity contribution is 5.82. The van der Waals surface area contributed by atoms with Gasteiger partial charge in [0.1, 0.15) is 18.2 Å². The number of rotatable bonds is 5. The largest absolute Gasteiger partial charge is 0.374 e. The third-order valence-electron chi connectivity index (χ3n) is 1.90. The highest BCUT2D eigenvalue weighted by Crippen LogP contribution is 2.12. The van der Waals surface area contributed by atoms with E-state index in [1.54, 1.807) is 6.92 Å². The second-order valence-corrected chi connectivity index (χ2v) is 3.05. The maximum Gasteiger partial charge on any atom is 0.163 e. The first-order valence-corrected chi connectivity index (χ1v) is 4.67. The third kappa shape index (κ3) is 3.40. The molecule has 2 nitrogen and oxygen atoms in total. The van der Waals surface area contributed by atoms with Crippen LogP contribution in [0.5, 0.6) is 0 Å². The average molecular weight is 214 g/mol. The van der Waals surface area contributed by atoms with Crippen LogP contribution in [-0.2, 0) is 16.0 Å². The molecular weight excluding hydrogens is 202 g/mol. The molecule has 15 heavy (non-hydrogen) atoms. The Morgan fingerprint density at radius 3 is 2.47 bits per heavy atom. The van der Waals surface area contributed by atoms with Gasteiger partial charge in [-0.2, -0.15) is 0 Å². The van der Waals surface area contributed by atoms with Gasteiger partial charge >= 0.3 is 0 Å². The van der Waals surface area contributed by atoms with Crippen molar-refractivity contribution in [1.29, 1.82) is 0 Å². The fourth-order valence-corrected chi connectivity index (χ4v) is 1.17. The molecule has 0 atom stereocenters. The van der Waals surface area contributed by atoms with E-state index in [0.717, 1.165) is 12.1 Å². The number of carbonyl (C=O) groups excluding carboxylic acids is 1. The van der Waals surface area contributed by atoms with E-state index in [4.69, 9.17) is 4.74 Å². The molecule has 1 aromatic rings. The van der Waals surface area contributed by atoms with Crippen LogP contribution in [0.25, 0.3) is 0 Å². The lowest BCUT2D eigenvalue weighted by atomic mass is 10.1. The molecule has 0 aliphatic carbocycles. The summed E-state index contributed by atoms with van der Waals surface area (Å²) >= 11 is 0. The lowest BCUT2D eigenvalue weighted by Crippen LogP contribution is -2.13. The molecule has 82 valence electrons. The molecule has 0 heterocycles. The predicted octanol–water partition coefficient (Wildman–Crippen LogP) is 2.11. The first kappa shape index (κ1) is 11.8. The van der Waals surface area contributed by atoms with Crippen LogP contribution in [0.2, 0.25) is 0 Å². The summed E-state index contributed by atoms with van der Waals surface area (Å²) in [5.41, 5.74) is -0.192. The number of halogens is 2. The van der Waals surface area contributed by atoms with Gasteiger partial charge in [-0.3, -0.25) is 4.79 Å². The van der Waals surface area contributed by atoms with Gasteiger partial charge in [0.2, 0.25) is 0 Å². The predicted molar refractivity (Wildman–Crippen MR) is 51.6 cm³/mol. The topological polar surface area (TPSA) is 26.3 Å². The Balaban J connectivity index is 2.68. The summed E-state index contributed by atoms with van der Waals surface area (Å²) < 4.78 is 31.1. The molecule has 4 heteroatoms. The van der Waals surface area contributed by atoms with Crippen LogP contribution in [0.3, 0.4) is 0 Å². The number of hydrogen-bond acceptors (Lipinski definition) is 2. The van der Waals surface area contributed by atoms with Crippen molar-refractivity contribution in [3.63, 3.8) is 0 Å². The van der Waals surface area contributed by atoms with Crippen molar-refractivity contribution >= 4 is 5.78 Å². The summed E-state index contributed by atoms with van der Waals surface area (Å²) in [6.45, 7) is 2.05. The zero-order valence-corrected chi connectivity index (χ0v) is 8.43. The van der Waals surface area contributed by atoms with Crippen LogP contribution in [0.4, 0.5) is 8.78 Å². The van der Waals surface area contributed by atoms with E-state index in [1.807, 2.05) is 0 Å². The van der Waals surface area contributed by atoms with Crippen LogP contribution in [0, 0.1) is 11.6 Å². The molecule has 0 fully saturated rings. The number of ketones is 1. The van der Waals surface area contributed by atoms with Gasteiger partial charge in [0, 0.05) is 18.6 Å². The van der Waals surface area contributed by atoms with Crippen molar-refractivity contribution in [2.75, 3.05) is 13.2 Å². The SMILES string of the molecule is CCOCC(=O)Cc1c(F)cccc1F. The van der Waals surface area contributed by atoms with Gasteiger partial charge < -0.3 is 4.74 Å². The van der Waals surface area contributed by atoms with Crippen molar-refractivity contribution in [3.8, 4) is 0 Å². The Morgan fingerprint density at radius 1 is 1.33 bits per heavy atom. The molecular formula is C11H12F2O2. The standard InChI is InChI=1S/C11H12F2O2/c1-2-15-7-8(14)6-9-10(12)4-3-5-11(9)13/h3-5H,2,6-7H2,1H3. The Hall–Kier alpha value is -1.29. The van der Waals surface area contributed by atoms with Crippen LogP contribution in [0.1, 0.15) is 12.5 Å². The summed E-state index contributed by atoms with van der Waals surface area (Å²) in [6, 6.07) is 3.53. The quantitative estimate of drug-likeness (QED) is 0.750. The van der Waals surface area contributed by atoms with E-state index in [0.29, 0.717) is 6.61 Å². The third-order valence-corrected chi connectivity index (χ3v) is 1.90. The normalized spacial score (nSPS) is 10.3. The summed E-state index contributed by atoms with van der Waals surface area (Å²) in [5, 5.41) is 0. The molecule has 0 saturated heterocycles. The molecule has 0 amide bonds. The van der Waals surface area contributed by atoms with E-state index in [2.05, 4.69) is 0 Å².